The van der Waals surface area contributed by atoms with Crippen molar-refractivity contribution in [2.45, 2.75) is 12.8 Å². The van der Waals surface area contributed by atoms with E-state index in [-0.39, 0.29) is 6.61 Å². The van der Waals surface area contributed by atoms with E-state index in [1.54, 1.807) is 0 Å². The van der Waals surface area contributed by atoms with Crippen LogP contribution in [-0.2, 0) is 9.05 Å². The van der Waals surface area contributed by atoms with E-state index in [2.05, 4.69) is 5.92 Å². The van der Waals surface area contributed by atoms with Crippen molar-refractivity contribution in [1.82, 2.24) is 0 Å². The molecular formula is C5H7ClO3S. The Balaban J connectivity index is 3.72. The molecular weight excluding hydrogens is 176 g/mol. The molecule has 0 aromatic heterocycles. The summed E-state index contributed by atoms with van der Waals surface area (Å²) in [4.78, 5) is 0. The van der Waals surface area contributed by atoms with Crippen LogP contribution in [0.15, 0.2) is 0 Å². The van der Waals surface area contributed by atoms with Gasteiger partial charge in [0.25, 0.3) is 0 Å². The summed E-state index contributed by atoms with van der Waals surface area (Å²) < 4.78 is 20.2. The molecule has 0 radical (unpaired) electrons. The molecule has 0 bridgehead atoms. The van der Waals surface area contributed by atoms with Gasteiger partial charge >= 0.3 is 9.05 Å². The van der Waals surface area contributed by atoms with Gasteiger partial charge in [-0.2, -0.15) is 8.42 Å². The Hall–Kier alpha value is -0.240. The molecule has 58 valence electrons. The lowest BCUT2D eigenvalue weighted by Gasteiger charge is -1.82. The number of aliphatic hydroxyl groups is 1. The zero-order valence-electron chi connectivity index (χ0n) is 5.17. The molecule has 0 spiro atoms. The first-order chi connectivity index (χ1) is 4.56. The summed E-state index contributed by atoms with van der Waals surface area (Å²) in [5.41, 5.74) is 0. The van der Waals surface area contributed by atoms with E-state index in [9.17, 15) is 8.42 Å². The number of halogens is 1. The van der Waals surface area contributed by atoms with Crippen molar-refractivity contribution in [3.63, 3.8) is 0 Å². The molecule has 0 atom stereocenters. The van der Waals surface area contributed by atoms with Gasteiger partial charge in [0.2, 0.25) is 0 Å². The molecule has 1 N–H and O–H groups in total. The quantitative estimate of drug-likeness (QED) is 0.380. The third-order valence-electron chi connectivity index (χ3n) is 0.654. The molecule has 0 aliphatic heterocycles. The molecule has 0 unspecified atom stereocenters. The Morgan fingerprint density at radius 1 is 1.50 bits per heavy atom. The van der Waals surface area contributed by atoms with E-state index in [4.69, 9.17) is 15.8 Å². The monoisotopic (exact) mass is 182 g/mol. The largest absolute Gasteiger partial charge is 0.396 e. The molecule has 3 nitrogen and oxygen atoms in total. The summed E-state index contributed by atoms with van der Waals surface area (Å²) in [7, 11) is 1.07. The molecule has 0 aliphatic rings. The maximum Gasteiger partial charge on any atom is 0.300 e. The van der Waals surface area contributed by atoms with Gasteiger partial charge in [-0.25, -0.2) is 0 Å². The molecule has 0 aliphatic carbocycles. The molecule has 0 fully saturated rings. The summed E-state index contributed by atoms with van der Waals surface area (Å²) in [5, 5.41) is 10.1. The second-order valence-electron chi connectivity index (χ2n) is 1.54. The molecule has 5 heteroatoms. The second-order valence-corrected chi connectivity index (χ2v) is 3.84. The zero-order chi connectivity index (χ0) is 8.04. The van der Waals surface area contributed by atoms with Gasteiger partial charge in [0.1, 0.15) is 0 Å². The summed E-state index contributed by atoms with van der Waals surface area (Å²) >= 11 is 0. The fourth-order valence-corrected chi connectivity index (χ4v) is 0.743. The minimum Gasteiger partial charge on any atom is -0.396 e. The lowest BCUT2D eigenvalue weighted by Crippen LogP contribution is -1.82. The van der Waals surface area contributed by atoms with Gasteiger partial charge < -0.3 is 5.11 Å². The van der Waals surface area contributed by atoms with Crippen molar-refractivity contribution in [2.75, 3.05) is 6.61 Å². The number of unbranched alkanes of at least 4 members (excludes halogenated alkanes) is 1. The van der Waals surface area contributed by atoms with Crippen LogP contribution in [0.4, 0.5) is 0 Å². The number of rotatable bonds is 2. The van der Waals surface area contributed by atoms with Crippen LogP contribution in [0.1, 0.15) is 12.8 Å². The van der Waals surface area contributed by atoms with E-state index < -0.39 is 9.05 Å². The van der Waals surface area contributed by atoms with Gasteiger partial charge in [-0.1, -0.05) is 5.92 Å². The van der Waals surface area contributed by atoms with E-state index in [1.165, 1.54) is 0 Å². The topological polar surface area (TPSA) is 54.4 Å². The third-order valence-corrected chi connectivity index (χ3v) is 1.27. The molecule has 0 aromatic carbocycles. The normalized spacial score (nSPS) is 10.2. The fourth-order valence-electron chi connectivity index (χ4n) is 0.305. The van der Waals surface area contributed by atoms with E-state index in [0.29, 0.717) is 12.8 Å². The van der Waals surface area contributed by atoms with Crippen LogP contribution in [0.25, 0.3) is 0 Å². The fraction of sp³-hybridized carbons (Fsp3) is 0.600. The highest BCUT2D eigenvalue weighted by Gasteiger charge is 1.93. The highest BCUT2D eigenvalue weighted by atomic mass is 35.7. The molecule has 0 aromatic rings. The van der Waals surface area contributed by atoms with Crippen LogP contribution in [0.5, 0.6) is 0 Å². The highest BCUT2D eigenvalue weighted by Crippen LogP contribution is 1.92. The van der Waals surface area contributed by atoms with E-state index in [1.807, 2.05) is 5.25 Å². The average Bonchev–Trinajstić information content (AvgIpc) is 1.78. The first-order valence-corrected chi connectivity index (χ1v) is 4.92. The molecule has 0 amide bonds. The summed E-state index contributed by atoms with van der Waals surface area (Å²) in [5.74, 6) is 2.30. The first kappa shape index (κ1) is 9.76. The van der Waals surface area contributed by atoms with Crippen molar-refractivity contribution in [3.05, 3.63) is 0 Å². The Morgan fingerprint density at radius 3 is 2.50 bits per heavy atom. The van der Waals surface area contributed by atoms with Crippen molar-refractivity contribution in [3.8, 4) is 11.2 Å². The lowest BCUT2D eigenvalue weighted by atomic mass is 10.3. The minimum atomic E-state index is -3.68. The Labute approximate surface area is 64.4 Å². The minimum absolute atomic E-state index is 0.0109. The van der Waals surface area contributed by atoms with Crippen molar-refractivity contribution in [2.24, 2.45) is 0 Å². The van der Waals surface area contributed by atoms with Crippen LogP contribution in [0.2, 0.25) is 0 Å². The highest BCUT2D eigenvalue weighted by molar-refractivity contribution is 8.17. The van der Waals surface area contributed by atoms with Crippen LogP contribution in [0.3, 0.4) is 0 Å². The third kappa shape index (κ3) is 7.76. The smallest absolute Gasteiger partial charge is 0.300 e. The van der Waals surface area contributed by atoms with Gasteiger partial charge in [0.05, 0.1) is 0 Å². The Bertz CT molecular complexity index is 233. The average molecular weight is 183 g/mol. The molecule has 10 heavy (non-hydrogen) atoms. The summed E-state index contributed by atoms with van der Waals surface area (Å²) in [6.45, 7) is 0.0109. The van der Waals surface area contributed by atoms with Gasteiger partial charge in [-0.3, -0.25) is 0 Å². The van der Waals surface area contributed by atoms with Crippen molar-refractivity contribution < 1.29 is 13.5 Å². The molecule has 0 rings (SSSR count). The first-order valence-electron chi connectivity index (χ1n) is 2.61. The maximum absolute atomic E-state index is 10.1. The predicted octanol–water partition coefficient (Wildman–Crippen LogP) is 0.288. The van der Waals surface area contributed by atoms with Gasteiger partial charge in [0, 0.05) is 29.0 Å². The van der Waals surface area contributed by atoms with E-state index in [0.717, 1.165) is 0 Å². The number of hydrogen-bond donors (Lipinski definition) is 1. The van der Waals surface area contributed by atoms with Crippen LogP contribution >= 0.6 is 10.7 Å². The zero-order valence-corrected chi connectivity index (χ0v) is 6.74. The second kappa shape index (κ2) is 4.56. The van der Waals surface area contributed by atoms with E-state index >= 15 is 0 Å². The maximum atomic E-state index is 10.1. The molecule has 0 saturated heterocycles. The number of aliphatic hydroxyl groups excluding tert-OH is 1. The standard InChI is InChI=1S/C5H7ClO3S/c6-10(8,9)5-3-1-2-4-7/h7H,1-2,4H2. The van der Waals surface area contributed by atoms with Crippen molar-refractivity contribution in [1.29, 1.82) is 0 Å². The van der Waals surface area contributed by atoms with Gasteiger partial charge in [-0.15, -0.1) is 0 Å². The lowest BCUT2D eigenvalue weighted by molar-refractivity contribution is 0.290. The van der Waals surface area contributed by atoms with Gasteiger partial charge in [-0.05, 0) is 6.42 Å². The Morgan fingerprint density at radius 2 is 2.10 bits per heavy atom. The predicted molar refractivity (Wildman–Crippen MR) is 38.9 cm³/mol. The molecule has 0 heterocycles. The van der Waals surface area contributed by atoms with Gasteiger partial charge in [0.15, 0.2) is 0 Å². The Kier molecular flexibility index (Phi) is 4.45. The summed E-state index contributed by atoms with van der Waals surface area (Å²) in [6, 6.07) is 0. The van der Waals surface area contributed by atoms with Crippen LogP contribution < -0.4 is 0 Å². The summed E-state index contributed by atoms with van der Waals surface area (Å²) in [6.07, 6.45) is 0.821. The van der Waals surface area contributed by atoms with Crippen LogP contribution in [0, 0.1) is 11.2 Å². The van der Waals surface area contributed by atoms with Crippen LogP contribution in [-0.4, -0.2) is 20.1 Å². The number of hydrogen-bond acceptors (Lipinski definition) is 3. The molecule has 0 saturated carbocycles. The van der Waals surface area contributed by atoms with Crippen molar-refractivity contribution >= 4 is 19.7 Å². The SMILES string of the molecule is O=S(=O)(Cl)C#CCCCO.